The molecule has 88 valence electrons. The molecule has 0 amide bonds. The second-order valence-electron chi connectivity index (χ2n) is 2.79. The molecule has 0 aromatic carbocycles. The van der Waals surface area contributed by atoms with E-state index in [1.165, 1.54) is 18.5 Å². The third kappa shape index (κ3) is 5.13. The van der Waals surface area contributed by atoms with Gasteiger partial charge in [-0.15, -0.1) is 0 Å². The highest BCUT2D eigenvalue weighted by Gasteiger charge is 1.91. The monoisotopic (exact) mass is 299 g/mol. The van der Waals surface area contributed by atoms with Crippen molar-refractivity contribution in [1.82, 2.24) is 9.97 Å². The molecule has 0 radical (unpaired) electrons. The number of halogens is 3. The zero-order valence-electron chi connectivity index (χ0n) is 8.44. The molecule has 0 N–H and O–H groups in total. The van der Waals surface area contributed by atoms with E-state index in [-0.39, 0.29) is 12.9 Å². The molecule has 0 saturated carbocycles. The minimum absolute atomic E-state index is 0. The molecule has 0 saturated heterocycles. The van der Waals surface area contributed by atoms with Gasteiger partial charge in [0.15, 0.2) is 0 Å². The summed E-state index contributed by atoms with van der Waals surface area (Å²) in [5, 5.41) is 0. The van der Waals surface area contributed by atoms with Crippen LogP contribution < -0.4 is 0 Å². The van der Waals surface area contributed by atoms with Gasteiger partial charge in [0.1, 0.15) is 11.6 Å². The highest BCUT2D eigenvalue weighted by molar-refractivity contribution is 9.10. The fourth-order valence-electron chi connectivity index (χ4n) is 0.848. The van der Waals surface area contributed by atoms with Crippen LogP contribution in [0.25, 0.3) is 4.85 Å². The molecule has 0 bridgehead atoms. The number of hydrogen-bond donors (Lipinski definition) is 0. The van der Waals surface area contributed by atoms with Gasteiger partial charge in [-0.1, -0.05) is 0 Å². The van der Waals surface area contributed by atoms with E-state index in [0.29, 0.717) is 4.47 Å². The first-order valence-electron chi connectivity index (χ1n) is 4.36. The predicted octanol–water partition coefficient (Wildman–Crippen LogP) is 4.00. The third-order valence-corrected chi connectivity index (χ3v) is 1.92. The molecule has 0 aliphatic heterocycles. The standard InChI is InChI=1S/C6H3FN2.C5H3BrFN.H2/c1-8-6-2-5(7)3-9-4-6;6-4-1-5(7)3-8-2-4;/h2-4H;1-3H;1H. The molecular weight excluding hydrogens is 292 g/mol. The van der Waals surface area contributed by atoms with Crippen LogP contribution in [-0.2, 0) is 0 Å². The van der Waals surface area contributed by atoms with Crippen molar-refractivity contribution in [2.45, 2.75) is 0 Å². The first-order valence-corrected chi connectivity index (χ1v) is 5.15. The molecular formula is C11H8BrF2N3. The molecule has 0 atom stereocenters. The first kappa shape index (κ1) is 13.2. The number of aromatic nitrogens is 2. The van der Waals surface area contributed by atoms with Crippen LogP contribution in [-0.4, -0.2) is 9.97 Å². The Labute approximate surface area is 107 Å². The van der Waals surface area contributed by atoms with Crippen molar-refractivity contribution >= 4 is 21.6 Å². The fraction of sp³-hybridized carbons (Fsp3) is 0. The Bertz CT molecular complexity index is 529. The van der Waals surface area contributed by atoms with Crippen molar-refractivity contribution in [3.8, 4) is 0 Å². The lowest BCUT2D eigenvalue weighted by Gasteiger charge is -1.85. The zero-order valence-corrected chi connectivity index (χ0v) is 10.0. The molecule has 0 unspecified atom stereocenters. The lowest BCUT2D eigenvalue weighted by atomic mass is 10.4. The van der Waals surface area contributed by atoms with Crippen molar-refractivity contribution in [1.29, 1.82) is 0 Å². The van der Waals surface area contributed by atoms with Crippen molar-refractivity contribution < 1.29 is 10.2 Å². The largest absolute Gasteiger partial charge is 0.273 e. The zero-order chi connectivity index (χ0) is 12.7. The Balaban J connectivity index is 0.000000306. The van der Waals surface area contributed by atoms with Crippen LogP contribution in [0.1, 0.15) is 1.43 Å². The molecule has 0 fully saturated rings. The minimum Gasteiger partial charge on any atom is -0.273 e. The summed E-state index contributed by atoms with van der Waals surface area (Å²) in [6.07, 6.45) is 5.07. The average Bonchev–Trinajstić information content (AvgIpc) is 2.29. The van der Waals surface area contributed by atoms with Crippen LogP contribution in [0.15, 0.2) is 41.4 Å². The van der Waals surface area contributed by atoms with Gasteiger partial charge in [-0.2, -0.15) is 0 Å². The molecule has 0 aliphatic carbocycles. The van der Waals surface area contributed by atoms with E-state index >= 15 is 0 Å². The van der Waals surface area contributed by atoms with Gasteiger partial charge < -0.3 is 0 Å². The highest BCUT2D eigenvalue weighted by atomic mass is 79.9. The van der Waals surface area contributed by atoms with Gasteiger partial charge in [0.2, 0.25) is 5.69 Å². The van der Waals surface area contributed by atoms with Crippen molar-refractivity contribution in [3.63, 3.8) is 0 Å². The van der Waals surface area contributed by atoms with Gasteiger partial charge in [0.25, 0.3) is 0 Å². The molecule has 3 nitrogen and oxygen atoms in total. The molecule has 6 heteroatoms. The van der Waals surface area contributed by atoms with Crippen LogP contribution in [0.4, 0.5) is 14.5 Å². The molecule has 0 aliphatic rings. The maximum Gasteiger partial charge on any atom is 0.207 e. The summed E-state index contributed by atoms with van der Waals surface area (Å²) in [4.78, 5) is 10.0. The summed E-state index contributed by atoms with van der Waals surface area (Å²) < 4.78 is 24.9. The summed E-state index contributed by atoms with van der Waals surface area (Å²) in [6.45, 7) is 6.46. The number of nitrogens with zero attached hydrogens (tertiary/aromatic N) is 3. The van der Waals surface area contributed by atoms with Gasteiger partial charge >= 0.3 is 0 Å². The number of rotatable bonds is 0. The Morgan fingerprint density at radius 1 is 1.06 bits per heavy atom. The van der Waals surface area contributed by atoms with E-state index in [4.69, 9.17) is 6.57 Å². The smallest absolute Gasteiger partial charge is 0.207 e. The summed E-state index contributed by atoms with van der Waals surface area (Å²) in [7, 11) is 0. The minimum atomic E-state index is -0.469. The fourth-order valence-corrected chi connectivity index (χ4v) is 1.18. The SMILES string of the molecule is Fc1cncc(Br)c1.[C-]#[N+]c1cncc(F)c1.[HH]. The van der Waals surface area contributed by atoms with Crippen molar-refractivity contribution in [2.24, 2.45) is 0 Å². The van der Waals surface area contributed by atoms with E-state index in [9.17, 15) is 8.78 Å². The Morgan fingerprint density at radius 2 is 1.65 bits per heavy atom. The van der Waals surface area contributed by atoms with Gasteiger partial charge in [0, 0.05) is 18.3 Å². The molecule has 2 heterocycles. The number of pyridine rings is 2. The lowest BCUT2D eigenvalue weighted by Crippen LogP contribution is -1.74. The van der Waals surface area contributed by atoms with Crippen LogP contribution in [0.5, 0.6) is 0 Å². The summed E-state index contributed by atoms with van der Waals surface area (Å²) in [6, 6.07) is 2.49. The summed E-state index contributed by atoms with van der Waals surface area (Å²) in [5.74, 6) is -0.789. The summed E-state index contributed by atoms with van der Waals surface area (Å²) >= 11 is 3.06. The number of hydrogen-bond acceptors (Lipinski definition) is 2. The predicted molar refractivity (Wildman–Crippen MR) is 64.5 cm³/mol. The molecule has 2 aromatic heterocycles. The maximum absolute atomic E-state index is 12.1. The Morgan fingerprint density at radius 3 is 2.00 bits per heavy atom. The lowest BCUT2D eigenvalue weighted by molar-refractivity contribution is 0.620. The average molecular weight is 300 g/mol. The normalized spacial score (nSPS) is 8.82. The van der Waals surface area contributed by atoms with Crippen LogP contribution in [0, 0.1) is 18.2 Å². The van der Waals surface area contributed by atoms with E-state index in [0.717, 1.165) is 18.5 Å². The van der Waals surface area contributed by atoms with Gasteiger partial charge in [-0.25, -0.2) is 13.6 Å². The van der Waals surface area contributed by atoms with Gasteiger partial charge in [0.05, 0.1) is 19.0 Å². The van der Waals surface area contributed by atoms with Crippen LogP contribution >= 0.6 is 15.9 Å². The van der Waals surface area contributed by atoms with Gasteiger partial charge in [-0.05, 0) is 28.1 Å². The van der Waals surface area contributed by atoms with E-state index in [2.05, 4.69) is 30.7 Å². The van der Waals surface area contributed by atoms with Crippen molar-refractivity contribution in [3.05, 3.63) is 64.4 Å². The Kier molecular flexibility index (Phi) is 5.17. The van der Waals surface area contributed by atoms with Gasteiger partial charge in [-0.3, -0.25) is 9.97 Å². The second-order valence-corrected chi connectivity index (χ2v) is 3.71. The third-order valence-electron chi connectivity index (χ3n) is 1.49. The Hall–Kier alpha value is -1.87. The topological polar surface area (TPSA) is 30.1 Å². The maximum atomic E-state index is 12.1. The van der Waals surface area contributed by atoms with E-state index in [1.807, 2.05) is 0 Å². The quantitative estimate of drug-likeness (QED) is 0.688. The van der Waals surface area contributed by atoms with Crippen LogP contribution in [0.3, 0.4) is 0 Å². The highest BCUT2D eigenvalue weighted by Crippen LogP contribution is 2.09. The molecule has 17 heavy (non-hydrogen) atoms. The van der Waals surface area contributed by atoms with E-state index in [1.54, 1.807) is 0 Å². The first-order chi connectivity index (χ1) is 8.11. The summed E-state index contributed by atoms with van der Waals surface area (Å²) in [5.41, 5.74) is 0.231. The van der Waals surface area contributed by atoms with Crippen LogP contribution in [0.2, 0.25) is 0 Å². The molecule has 0 spiro atoms. The van der Waals surface area contributed by atoms with E-state index < -0.39 is 5.82 Å². The molecule has 2 aromatic rings. The second kappa shape index (κ2) is 6.66. The van der Waals surface area contributed by atoms with Crippen molar-refractivity contribution in [2.75, 3.05) is 0 Å². The molecule has 2 rings (SSSR count).